The number of nitrogens with zero attached hydrogens (tertiary/aromatic N) is 2. The van der Waals surface area contributed by atoms with Crippen LogP contribution in [0.3, 0.4) is 0 Å². The summed E-state index contributed by atoms with van der Waals surface area (Å²) in [4.78, 5) is 8.13. The van der Waals surface area contributed by atoms with E-state index in [-0.39, 0.29) is 0 Å². The summed E-state index contributed by atoms with van der Waals surface area (Å²) in [5.41, 5.74) is 7.86. The first-order chi connectivity index (χ1) is 9.65. The molecule has 108 valence electrons. The molecule has 2 N–H and O–H groups in total. The molecule has 1 aromatic carbocycles. The van der Waals surface area contributed by atoms with Gasteiger partial charge in [0.2, 0.25) is 0 Å². The number of hydrogen-bond donors (Lipinski definition) is 1. The third kappa shape index (κ3) is 3.29. The van der Waals surface area contributed by atoms with Crippen LogP contribution in [0.5, 0.6) is 5.75 Å². The van der Waals surface area contributed by atoms with Gasteiger partial charge in [0.15, 0.2) is 5.13 Å². The number of methoxy groups -OCH3 is 1. The SMILES string of the molecule is COc1ccc(N(CCCN)c2nc(C)c(C)s2)cc1. The summed E-state index contributed by atoms with van der Waals surface area (Å²) in [5.74, 6) is 0.860. The highest BCUT2D eigenvalue weighted by molar-refractivity contribution is 7.15. The van der Waals surface area contributed by atoms with Gasteiger partial charge in [-0.15, -0.1) is 11.3 Å². The predicted octanol–water partition coefficient (Wildman–Crippen LogP) is 3.26. The molecule has 1 aromatic heterocycles. The van der Waals surface area contributed by atoms with Crippen molar-refractivity contribution in [2.75, 3.05) is 25.1 Å². The van der Waals surface area contributed by atoms with Gasteiger partial charge in [-0.2, -0.15) is 0 Å². The van der Waals surface area contributed by atoms with E-state index in [1.165, 1.54) is 4.88 Å². The molecule has 0 unspecified atom stereocenters. The smallest absolute Gasteiger partial charge is 0.190 e. The maximum absolute atomic E-state index is 5.65. The van der Waals surface area contributed by atoms with Crippen LogP contribution in [0, 0.1) is 13.8 Å². The number of anilines is 2. The van der Waals surface area contributed by atoms with Gasteiger partial charge >= 0.3 is 0 Å². The second-order valence-corrected chi connectivity index (χ2v) is 5.81. The molecule has 0 atom stereocenters. The molecule has 0 radical (unpaired) electrons. The Hall–Kier alpha value is -1.59. The molecule has 0 aliphatic heterocycles. The fourth-order valence-corrected chi connectivity index (χ4v) is 2.87. The molecule has 0 aliphatic rings. The van der Waals surface area contributed by atoms with Crippen LogP contribution in [0.1, 0.15) is 17.0 Å². The average Bonchev–Trinajstić information content (AvgIpc) is 2.79. The number of aromatic nitrogens is 1. The summed E-state index contributed by atoms with van der Waals surface area (Å²) >= 11 is 1.72. The fourth-order valence-electron chi connectivity index (χ4n) is 1.92. The van der Waals surface area contributed by atoms with E-state index in [9.17, 15) is 0 Å². The zero-order valence-corrected chi connectivity index (χ0v) is 13.0. The summed E-state index contributed by atoms with van der Waals surface area (Å²) in [7, 11) is 1.68. The topological polar surface area (TPSA) is 51.4 Å². The third-order valence-corrected chi connectivity index (χ3v) is 4.31. The molecule has 0 saturated heterocycles. The van der Waals surface area contributed by atoms with Crippen molar-refractivity contribution in [1.29, 1.82) is 0 Å². The van der Waals surface area contributed by atoms with Crippen LogP contribution >= 0.6 is 11.3 Å². The quantitative estimate of drug-likeness (QED) is 0.887. The lowest BCUT2D eigenvalue weighted by Gasteiger charge is -2.22. The van der Waals surface area contributed by atoms with E-state index < -0.39 is 0 Å². The van der Waals surface area contributed by atoms with Gasteiger partial charge in [0, 0.05) is 17.1 Å². The van der Waals surface area contributed by atoms with E-state index in [0.29, 0.717) is 6.54 Å². The molecule has 0 saturated carbocycles. The van der Waals surface area contributed by atoms with Crippen molar-refractivity contribution >= 4 is 22.2 Å². The third-order valence-electron chi connectivity index (χ3n) is 3.22. The van der Waals surface area contributed by atoms with Gasteiger partial charge in [-0.3, -0.25) is 0 Å². The van der Waals surface area contributed by atoms with Crippen LogP contribution in [0.15, 0.2) is 24.3 Å². The molecule has 1 heterocycles. The summed E-state index contributed by atoms with van der Waals surface area (Å²) in [6, 6.07) is 8.05. The maximum atomic E-state index is 5.65. The average molecular weight is 291 g/mol. The largest absolute Gasteiger partial charge is 0.497 e. The number of nitrogens with two attached hydrogens (primary N) is 1. The summed E-state index contributed by atoms with van der Waals surface area (Å²) in [5, 5.41) is 1.03. The van der Waals surface area contributed by atoms with E-state index >= 15 is 0 Å². The van der Waals surface area contributed by atoms with Gasteiger partial charge in [0.25, 0.3) is 0 Å². The van der Waals surface area contributed by atoms with Gasteiger partial charge < -0.3 is 15.4 Å². The second kappa shape index (κ2) is 6.72. The first kappa shape index (κ1) is 14.8. The number of benzene rings is 1. The minimum atomic E-state index is 0.677. The van der Waals surface area contributed by atoms with Crippen molar-refractivity contribution in [1.82, 2.24) is 4.98 Å². The Morgan fingerprint density at radius 1 is 1.25 bits per heavy atom. The van der Waals surface area contributed by atoms with E-state index in [0.717, 1.165) is 35.2 Å². The molecular formula is C15H21N3OS. The minimum Gasteiger partial charge on any atom is -0.497 e. The van der Waals surface area contributed by atoms with Crippen LogP contribution in [0.2, 0.25) is 0 Å². The van der Waals surface area contributed by atoms with Crippen molar-refractivity contribution in [3.05, 3.63) is 34.8 Å². The molecule has 2 aromatic rings. The predicted molar refractivity (Wildman–Crippen MR) is 85.3 cm³/mol. The van der Waals surface area contributed by atoms with E-state index in [2.05, 4.69) is 28.9 Å². The Balaban J connectivity index is 2.30. The highest BCUT2D eigenvalue weighted by Crippen LogP contribution is 2.32. The number of aryl methyl sites for hydroxylation is 2. The van der Waals surface area contributed by atoms with Crippen molar-refractivity contribution in [3.8, 4) is 5.75 Å². The molecule has 0 aliphatic carbocycles. The van der Waals surface area contributed by atoms with Crippen molar-refractivity contribution in [3.63, 3.8) is 0 Å². The lowest BCUT2D eigenvalue weighted by Crippen LogP contribution is -2.20. The molecule has 0 bridgehead atoms. The Morgan fingerprint density at radius 3 is 2.45 bits per heavy atom. The molecule has 4 nitrogen and oxygen atoms in total. The number of hydrogen-bond acceptors (Lipinski definition) is 5. The fraction of sp³-hybridized carbons (Fsp3) is 0.400. The van der Waals surface area contributed by atoms with Gasteiger partial charge in [-0.1, -0.05) is 0 Å². The highest BCUT2D eigenvalue weighted by atomic mass is 32.1. The Labute approximate surface area is 124 Å². The molecule has 2 rings (SSSR count). The zero-order chi connectivity index (χ0) is 14.5. The van der Waals surface area contributed by atoms with Crippen molar-refractivity contribution < 1.29 is 4.74 Å². The standard InChI is InChI=1S/C15H21N3OS/c1-11-12(2)20-15(17-11)18(10-4-9-16)13-5-7-14(19-3)8-6-13/h5-8H,4,9-10,16H2,1-3H3. The van der Waals surface area contributed by atoms with Crippen LogP contribution in [-0.2, 0) is 0 Å². The van der Waals surface area contributed by atoms with Crippen LogP contribution < -0.4 is 15.4 Å². The van der Waals surface area contributed by atoms with Gasteiger partial charge in [-0.05, 0) is 51.1 Å². The maximum Gasteiger partial charge on any atom is 0.190 e. The number of ether oxygens (including phenoxy) is 1. The second-order valence-electron chi connectivity index (χ2n) is 4.63. The Morgan fingerprint density at radius 2 is 1.95 bits per heavy atom. The van der Waals surface area contributed by atoms with Crippen molar-refractivity contribution in [2.24, 2.45) is 5.73 Å². The summed E-state index contributed by atoms with van der Waals surface area (Å²) in [6.07, 6.45) is 0.934. The molecule has 20 heavy (non-hydrogen) atoms. The van der Waals surface area contributed by atoms with E-state index in [4.69, 9.17) is 10.5 Å². The molecule has 0 fully saturated rings. The highest BCUT2D eigenvalue weighted by Gasteiger charge is 2.14. The van der Waals surface area contributed by atoms with E-state index in [1.54, 1.807) is 18.4 Å². The monoisotopic (exact) mass is 291 g/mol. The number of rotatable bonds is 6. The van der Waals surface area contributed by atoms with Crippen LogP contribution in [0.25, 0.3) is 0 Å². The Kier molecular flexibility index (Phi) is 4.98. The molecular weight excluding hydrogens is 270 g/mol. The first-order valence-corrected chi connectivity index (χ1v) is 7.53. The van der Waals surface area contributed by atoms with Gasteiger partial charge in [-0.25, -0.2) is 4.98 Å². The summed E-state index contributed by atoms with van der Waals surface area (Å²) in [6.45, 7) is 5.70. The van der Waals surface area contributed by atoms with Crippen molar-refractivity contribution in [2.45, 2.75) is 20.3 Å². The van der Waals surface area contributed by atoms with Crippen LogP contribution in [-0.4, -0.2) is 25.2 Å². The minimum absolute atomic E-state index is 0.677. The lowest BCUT2D eigenvalue weighted by atomic mass is 10.2. The number of thiazole rings is 1. The molecule has 5 heteroatoms. The van der Waals surface area contributed by atoms with Crippen LogP contribution in [0.4, 0.5) is 10.8 Å². The molecule has 0 amide bonds. The first-order valence-electron chi connectivity index (χ1n) is 6.71. The summed E-state index contributed by atoms with van der Waals surface area (Å²) < 4.78 is 5.21. The normalized spacial score (nSPS) is 10.6. The van der Waals surface area contributed by atoms with Gasteiger partial charge in [0.1, 0.15) is 5.75 Å². The zero-order valence-electron chi connectivity index (χ0n) is 12.2. The van der Waals surface area contributed by atoms with E-state index in [1.807, 2.05) is 19.1 Å². The molecule has 0 spiro atoms. The Bertz CT molecular complexity index is 531. The lowest BCUT2D eigenvalue weighted by molar-refractivity contribution is 0.415. The van der Waals surface area contributed by atoms with Gasteiger partial charge in [0.05, 0.1) is 12.8 Å².